The van der Waals surface area contributed by atoms with Gasteiger partial charge in [0, 0.05) is 7.05 Å². The molecule has 0 spiro atoms. The molecule has 0 aliphatic carbocycles. The summed E-state index contributed by atoms with van der Waals surface area (Å²) >= 11 is 5.93. The number of alkyl halides is 3. The molecule has 0 radical (unpaired) electrons. The summed E-state index contributed by atoms with van der Waals surface area (Å²) in [6.07, 6.45) is -4.61. The molecule has 0 aliphatic heterocycles. The molecular weight excluding hydrogens is 369 g/mol. The number of carbonyl (C=O) groups excluding carboxylic acids is 1. The average molecular weight is 387 g/mol. The van der Waals surface area contributed by atoms with Gasteiger partial charge in [-0.3, -0.25) is 0 Å². The lowest BCUT2D eigenvalue weighted by Crippen LogP contribution is -2.33. The number of benzene rings is 2. The first-order valence-corrected chi connectivity index (χ1v) is 7.99. The zero-order valence-electron chi connectivity index (χ0n) is 14.1. The average Bonchev–Trinajstić information content (AvgIpc) is 2.53. The van der Waals surface area contributed by atoms with Crippen molar-refractivity contribution in [2.75, 3.05) is 17.4 Å². The first-order chi connectivity index (χ1) is 12.1. The van der Waals surface area contributed by atoms with E-state index in [9.17, 15) is 18.0 Å². The Hall–Kier alpha value is -2.45. The van der Waals surface area contributed by atoms with Crippen LogP contribution >= 0.6 is 11.6 Å². The van der Waals surface area contributed by atoms with Gasteiger partial charge in [-0.2, -0.15) is 13.2 Å². The Bertz CT molecular complexity index is 782. The van der Waals surface area contributed by atoms with E-state index in [1.165, 1.54) is 7.05 Å². The van der Waals surface area contributed by atoms with Crippen LogP contribution in [0.3, 0.4) is 0 Å². The van der Waals surface area contributed by atoms with Crippen molar-refractivity contribution in [2.24, 2.45) is 5.84 Å². The number of nitrogens with zero attached hydrogens (tertiary/aromatic N) is 1. The minimum absolute atomic E-state index is 0.0715. The summed E-state index contributed by atoms with van der Waals surface area (Å²) in [4.78, 5) is 12.2. The monoisotopic (exact) mass is 386 g/mol. The summed E-state index contributed by atoms with van der Waals surface area (Å²) < 4.78 is 39.1. The molecule has 2 aromatic carbocycles. The number of anilines is 2. The van der Waals surface area contributed by atoms with Crippen molar-refractivity contribution in [1.29, 1.82) is 0 Å². The molecular formula is C17H18ClF3N4O. The molecule has 0 saturated heterocycles. The minimum Gasteiger partial charge on any atom is -0.331 e. The number of hydrogen-bond acceptors (Lipinski definition) is 3. The van der Waals surface area contributed by atoms with Gasteiger partial charge in [-0.05, 0) is 24.6 Å². The molecule has 0 saturated carbocycles. The lowest BCUT2D eigenvalue weighted by molar-refractivity contribution is -0.137. The number of hydrogen-bond donors (Lipinski definition) is 3. The first kappa shape index (κ1) is 19.9. The van der Waals surface area contributed by atoms with Gasteiger partial charge in [0.2, 0.25) is 0 Å². The molecule has 2 rings (SSSR count). The maximum Gasteiger partial charge on any atom is 0.416 e. The number of nitrogens with two attached hydrogens (primary N) is 1. The smallest absolute Gasteiger partial charge is 0.331 e. The third-order valence-electron chi connectivity index (χ3n) is 3.64. The van der Waals surface area contributed by atoms with Crippen molar-refractivity contribution in [2.45, 2.75) is 19.1 Å². The number of amides is 2. The van der Waals surface area contributed by atoms with Gasteiger partial charge in [-0.25, -0.2) is 10.6 Å². The molecule has 140 valence electrons. The van der Waals surface area contributed by atoms with Gasteiger partial charge in [0.15, 0.2) is 0 Å². The quantitative estimate of drug-likeness (QED) is 0.533. The van der Waals surface area contributed by atoms with Crippen LogP contribution in [-0.2, 0) is 6.18 Å². The number of rotatable bonds is 4. The highest BCUT2D eigenvalue weighted by Gasteiger charge is 2.32. The number of urea groups is 1. The maximum absolute atomic E-state index is 13.0. The summed E-state index contributed by atoms with van der Waals surface area (Å²) in [5.74, 6) is 5.64. The summed E-state index contributed by atoms with van der Waals surface area (Å²) in [6, 6.07) is 9.64. The van der Waals surface area contributed by atoms with E-state index < -0.39 is 17.8 Å². The van der Waals surface area contributed by atoms with Crippen molar-refractivity contribution in [3.63, 3.8) is 0 Å². The summed E-state index contributed by atoms with van der Waals surface area (Å²) in [7, 11) is 1.41. The molecule has 1 atom stereocenters. The molecule has 0 fully saturated rings. The second kappa shape index (κ2) is 7.84. The summed E-state index contributed by atoms with van der Waals surface area (Å²) in [6.45, 7) is 1.75. The topological polar surface area (TPSA) is 70.4 Å². The van der Waals surface area contributed by atoms with Crippen LogP contribution < -0.4 is 21.5 Å². The van der Waals surface area contributed by atoms with Crippen molar-refractivity contribution in [3.8, 4) is 0 Å². The van der Waals surface area contributed by atoms with Crippen LogP contribution in [0.15, 0.2) is 42.5 Å². The molecule has 1 unspecified atom stereocenters. The predicted octanol–water partition coefficient (Wildman–Crippen LogP) is 4.55. The van der Waals surface area contributed by atoms with Crippen molar-refractivity contribution < 1.29 is 18.0 Å². The molecule has 2 amide bonds. The van der Waals surface area contributed by atoms with Crippen LogP contribution in [0.4, 0.5) is 29.3 Å². The van der Waals surface area contributed by atoms with Gasteiger partial charge in [0.1, 0.15) is 0 Å². The van der Waals surface area contributed by atoms with Crippen LogP contribution in [0.1, 0.15) is 24.1 Å². The molecule has 5 nitrogen and oxygen atoms in total. The second-order valence-corrected chi connectivity index (χ2v) is 6.10. The fraction of sp³-hybridized carbons (Fsp3) is 0.235. The maximum atomic E-state index is 13.0. The molecule has 0 aromatic heterocycles. The SMILES string of the molecule is CC(NC(=O)Nc1cc(C(F)(F)F)cc(Cl)c1N(C)N)c1ccccc1. The van der Waals surface area contributed by atoms with Gasteiger partial charge in [0.25, 0.3) is 0 Å². The highest BCUT2D eigenvalue weighted by Crippen LogP contribution is 2.39. The van der Waals surface area contributed by atoms with E-state index in [1.54, 1.807) is 6.92 Å². The van der Waals surface area contributed by atoms with Crippen molar-refractivity contribution in [1.82, 2.24) is 5.32 Å². The zero-order valence-corrected chi connectivity index (χ0v) is 14.8. The Balaban J connectivity index is 2.26. The molecule has 2 aromatic rings. The Morgan fingerprint density at radius 1 is 1.23 bits per heavy atom. The molecule has 9 heteroatoms. The molecule has 26 heavy (non-hydrogen) atoms. The van der Waals surface area contributed by atoms with Gasteiger partial charge in [0.05, 0.1) is 28.0 Å². The second-order valence-electron chi connectivity index (χ2n) is 5.69. The van der Waals surface area contributed by atoms with Crippen LogP contribution in [-0.4, -0.2) is 13.1 Å². The highest BCUT2D eigenvalue weighted by molar-refractivity contribution is 6.34. The lowest BCUT2D eigenvalue weighted by atomic mass is 10.1. The molecule has 4 N–H and O–H groups in total. The van der Waals surface area contributed by atoms with E-state index in [2.05, 4.69) is 10.6 Å². The zero-order chi connectivity index (χ0) is 19.5. The van der Waals surface area contributed by atoms with E-state index in [-0.39, 0.29) is 22.4 Å². The van der Waals surface area contributed by atoms with E-state index in [1.807, 2.05) is 30.3 Å². The molecule has 0 bridgehead atoms. The Labute approximate surface area is 153 Å². The van der Waals surface area contributed by atoms with E-state index >= 15 is 0 Å². The van der Waals surface area contributed by atoms with Crippen LogP contribution in [0, 0.1) is 0 Å². The van der Waals surface area contributed by atoms with Crippen molar-refractivity contribution >= 4 is 29.0 Å². The van der Waals surface area contributed by atoms with Crippen LogP contribution in [0.2, 0.25) is 5.02 Å². The normalized spacial score (nSPS) is 12.4. The summed E-state index contributed by atoms with van der Waals surface area (Å²) in [5.41, 5.74) is -0.213. The largest absolute Gasteiger partial charge is 0.416 e. The van der Waals surface area contributed by atoms with Gasteiger partial charge in [-0.1, -0.05) is 41.9 Å². The molecule has 0 aliphatic rings. The highest BCUT2D eigenvalue weighted by atomic mass is 35.5. The van der Waals surface area contributed by atoms with Gasteiger partial charge in [-0.15, -0.1) is 0 Å². The third kappa shape index (κ3) is 4.80. The first-order valence-electron chi connectivity index (χ1n) is 7.61. The van der Waals surface area contributed by atoms with Gasteiger partial charge >= 0.3 is 12.2 Å². The Kier molecular flexibility index (Phi) is 5.99. The summed E-state index contributed by atoms with van der Waals surface area (Å²) in [5, 5.41) is 5.86. The standard InChI is InChI=1S/C17H18ClF3N4O/c1-10(11-6-4-3-5-7-11)23-16(26)24-14-9-12(17(19,20)21)8-13(18)15(14)25(2)22/h3-10H,22H2,1-2H3,(H2,23,24,26). The number of halogens is 4. The van der Waals surface area contributed by atoms with Crippen molar-refractivity contribution in [3.05, 3.63) is 58.6 Å². The lowest BCUT2D eigenvalue weighted by Gasteiger charge is -2.22. The number of hydrazine groups is 1. The number of nitrogens with one attached hydrogen (secondary N) is 2. The molecule has 0 heterocycles. The number of carbonyl (C=O) groups is 1. The van der Waals surface area contributed by atoms with E-state index in [0.717, 1.165) is 22.7 Å². The third-order valence-corrected chi connectivity index (χ3v) is 3.93. The van der Waals surface area contributed by atoms with Gasteiger partial charge < -0.3 is 15.6 Å². The predicted molar refractivity (Wildman–Crippen MR) is 96.1 cm³/mol. The van der Waals surface area contributed by atoms with E-state index in [4.69, 9.17) is 17.4 Å². The fourth-order valence-corrected chi connectivity index (χ4v) is 2.75. The van der Waals surface area contributed by atoms with E-state index in [0.29, 0.717) is 0 Å². The fourth-order valence-electron chi connectivity index (χ4n) is 2.40. The van der Waals surface area contributed by atoms with Crippen LogP contribution in [0.5, 0.6) is 0 Å². The minimum atomic E-state index is -4.61. The Morgan fingerprint density at radius 3 is 2.38 bits per heavy atom. The van der Waals surface area contributed by atoms with Crippen LogP contribution in [0.25, 0.3) is 0 Å². The Morgan fingerprint density at radius 2 is 1.85 bits per heavy atom.